The van der Waals surface area contributed by atoms with Crippen molar-refractivity contribution in [2.45, 2.75) is 58.5 Å². The summed E-state index contributed by atoms with van der Waals surface area (Å²) in [7, 11) is 0. The van der Waals surface area contributed by atoms with E-state index in [1.54, 1.807) is 6.92 Å². The number of carbonyl (C=O) groups excluding carboxylic acids is 3. The summed E-state index contributed by atoms with van der Waals surface area (Å²) >= 11 is 1.15. The highest BCUT2D eigenvalue weighted by Gasteiger charge is 1.96. The Morgan fingerprint density at radius 3 is 1.72 bits per heavy atom. The highest BCUT2D eigenvalue weighted by atomic mass is 32.2. The van der Waals surface area contributed by atoms with E-state index in [4.69, 9.17) is 27.1 Å². The van der Waals surface area contributed by atoms with Crippen molar-refractivity contribution in [3.63, 3.8) is 0 Å². The summed E-state index contributed by atoms with van der Waals surface area (Å²) in [6.45, 7) is 5.34. The quantitative estimate of drug-likeness (QED) is 0.178. The Balaban J connectivity index is -0.000000410. The molecular formula is C25H45N7O3S. The summed E-state index contributed by atoms with van der Waals surface area (Å²) in [6, 6.07) is 19.7. The average molecular weight is 524 g/mol. The predicted molar refractivity (Wildman–Crippen MR) is 151 cm³/mol. The van der Waals surface area contributed by atoms with Crippen LogP contribution in [-0.2, 0) is 27.3 Å². The molecule has 1 unspecified atom stereocenters. The molecule has 204 valence electrons. The van der Waals surface area contributed by atoms with Crippen molar-refractivity contribution in [2.75, 3.05) is 6.54 Å². The lowest BCUT2D eigenvalue weighted by Crippen LogP contribution is -2.32. The number of carbonyl (C=O) groups is 3. The first kappa shape index (κ1) is 37.6. The fourth-order valence-electron chi connectivity index (χ4n) is 2.04. The molecule has 36 heavy (non-hydrogen) atoms. The van der Waals surface area contributed by atoms with Crippen molar-refractivity contribution in [2.24, 2.45) is 33.8 Å². The standard InChI is InChI=1S/C10H13NO.C7H10N2S.C4H11N.C3H8N2O.CH3NO/c11-10(12)8-4-7-9-5-2-1-3-6-9;8-10-9-6-7-4-2-1-3-5-7;1-2-3-4-5;1-2(4)3(5)6;2-1-3/h1-3,5-6H,4,7-8H2,(H2,11,12);1-5,9H,6,8H2;2-5H2,1H3;2H,4H2,1H3,(H2,5,6);1H,(H2,2,3). The fraction of sp³-hybridized carbons (Fsp3) is 0.400. The summed E-state index contributed by atoms with van der Waals surface area (Å²) in [5.41, 5.74) is 26.5. The van der Waals surface area contributed by atoms with E-state index >= 15 is 0 Å². The van der Waals surface area contributed by atoms with Gasteiger partial charge < -0.3 is 28.7 Å². The van der Waals surface area contributed by atoms with Crippen molar-refractivity contribution in [1.82, 2.24) is 4.72 Å². The molecule has 1 atom stereocenters. The van der Waals surface area contributed by atoms with E-state index < -0.39 is 11.9 Å². The van der Waals surface area contributed by atoms with Crippen molar-refractivity contribution in [1.29, 1.82) is 0 Å². The summed E-state index contributed by atoms with van der Waals surface area (Å²) < 4.78 is 2.96. The molecule has 0 saturated carbocycles. The molecule has 0 saturated heterocycles. The average Bonchev–Trinajstić information content (AvgIpc) is 2.86. The van der Waals surface area contributed by atoms with Gasteiger partial charge in [-0.25, -0.2) is 4.72 Å². The molecule has 0 aliphatic rings. The maximum Gasteiger partial charge on any atom is 0.234 e. The van der Waals surface area contributed by atoms with Gasteiger partial charge in [0.05, 0.1) is 6.04 Å². The normalized spacial score (nSPS) is 9.69. The second kappa shape index (κ2) is 30.1. The van der Waals surface area contributed by atoms with Crippen LogP contribution in [0.25, 0.3) is 0 Å². The lowest BCUT2D eigenvalue weighted by atomic mass is 10.1. The predicted octanol–water partition coefficient (Wildman–Crippen LogP) is 1.46. The molecule has 0 aliphatic heterocycles. The van der Waals surface area contributed by atoms with Gasteiger partial charge in [0, 0.05) is 25.1 Å². The van der Waals surface area contributed by atoms with E-state index in [2.05, 4.69) is 47.4 Å². The van der Waals surface area contributed by atoms with Crippen molar-refractivity contribution >= 4 is 30.4 Å². The summed E-state index contributed by atoms with van der Waals surface area (Å²) in [5.74, 6) is -0.680. The Labute approximate surface area is 220 Å². The molecule has 2 aromatic rings. The topological polar surface area (TPSA) is 219 Å². The largest absolute Gasteiger partial charge is 0.372 e. The maximum absolute atomic E-state index is 10.4. The van der Waals surface area contributed by atoms with Crippen LogP contribution in [0.5, 0.6) is 0 Å². The molecule has 0 aliphatic carbocycles. The van der Waals surface area contributed by atoms with Gasteiger partial charge in [-0.1, -0.05) is 74.0 Å². The van der Waals surface area contributed by atoms with Crippen LogP contribution >= 0.6 is 12.1 Å². The first-order chi connectivity index (χ1) is 17.2. The minimum absolute atomic E-state index is 0.217. The number of hydrogen-bond acceptors (Lipinski definition) is 8. The summed E-state index contributed by atoms with van der Waals surface area (Å²) in [6.07, 6.45) is 4.90. The number of nitrogens with two attached hydrogens (primary N) is 6. The Hall–Kier alpha value is -2.96. The molecule has 2 aromatic carbocycles. The van der Waals surface area contributed by atoms with E-state index in [-0.39, 0.29) is 12.3 Å². The van der Waals surface area contributed by atoms with Gasteiger partial charge in [-0.3, -0.25) is 19.5 Å². The third-order valence-electron chi connectivity index (χ3n) is 3.94. The zero-order valence-corrected chi connectivity index (χ0v) is 22.3. The lowest BCUT2D eigenvalue weighted by Gasteiger charge is -1.98. The van der Waals surface area contributed by atoms with Crippen LogP contribution in [0.4, 0.5) is 0 Å². The molecule has 0 heterocycles. The Kier molecular flexibility index (Phi) is 31.4. The van der Waals surface area contributed by atoms with Crippen LogP contribution < -0.4 is 38.5 Å². The first-order valence-corrected chi connectivity index (χ1v) is 12.4. The van der Waals surface area contributed by atoms with Gasteiger partial charge in [0.2, 0.25) is 18.2 Å². The molecule has 10 nitrogen and oxygen atoms in total. The molecule has 0 radical (unpaired) electrons. The zero-order valence-electron chi connectivity index (χ0n) is 21.5. The van der Waals surface area contributed by atoms with Crippen LogP contribution in [0.15, 0.2) is 60.7 Å². The van der Waals surface area contributed by atoms with E-state index in [0.29, 0.717) is 6.42 Å². The van der Waals surface area contributed by atoms with Gasteiger partial charge in [-0.05, 0) is 43.9 Å². The number of primary amides is 3. The third kappa shape index (κ3) is 33.2. The van der Waals surface area contributed by atoms with E-state index in [1.807, 2.05) is 36.4 Å². The van der Waals surface area contributed by atoms with Gasteiger partial charge in [0.25, 0.3) is 0 Å². The van der Waals surface area contributed by atoms with Gasteiger partial charge >= 0.3 is 0 Å². The molecule has 3 amide bonds. The Morgan fingerprint density at radius 2 is 1.42 bits per heavy atom. The van der Waals surface area contributed by atoms with Crippen LogP contribution in [-0.4, -0.2) is 30.8 Å². The minimum Gasteiger partial charge on any atom is -0.372 e. The van der Waals surface area contributed by atoms with E-state index in [1.165, 1.54) is 24.0 Å². The summed E-state index contributed by atoms with van der Waals surface area (Å²) in [5, 5.41) is 5.18. The number of benzene rings is 2. The number of rotatable bonds is 10. The van der Waals surface area contributed by atoms with Crippen LogP contribution in [0.2, 0.25) is 0 Å². The smallest absolute Gasteiger partial charge is 0.234 e. The number of nitrogens with one attached hydrogen (secondary N) is 1. The van der Waals surface area contributed by atoms with Crippen molar-refractivity contribution in [3.8, 4) is 0 Å². The fourth-order valence-corrected chi connectivity index (χ4v) is 2.29. The second-order valence-corrected chi connectivity index (χ2v) is 7.72. The molecule has 2 rings (SSSR count). The second-order valence-electron chi connectivity index (χ2n) is 7.20. The molecule has 0 bridgehead atoms. The third-order valence-corrected chi connectivity index (χ3v) is 4.25. The van der Waals surface area contributed by atoms with Crippen LogP contribution in [0.3, 0.4) is 0 Å². The van der Waals surface area contributed by atoms with E-state index in [0.717, 1.165) is 38.1 Å². The number of aryl methyl sites for hydroxylation is 1. The van der Waals surface area contributed by atoms with Crippen LogP contribution in [0, 0.1) is 0 Å². The Bertz CT molecular complexity index is 750. The Morgan fingerprint density at radius 1 is 0.972 bits per heavy atom. The van der Waals surface area contributed by atoms with Gasteiger partial charge in [-0.15, -0.1) is 0 Å². The first-order valence-electron chi connectivity index (χ1n) is 11.5. The maximum atomic E-state index is 10.4. The number of hydrogen-bond donors (Lipinski definition) is 7. The minimum atomic E-state index is -0.509. The molecule has 0 fully saturated rings. The molecule has 0 aromatic heterocycles. The SMILES string of the molecule is CC(N)C(N)=O.CCCCN.NC(=O)CCCc1ccccc1.NC=O.NSNCc1ccccc1. The van der Waals surface area contributed by atoms with Gasteiger partial charge in [0.1, 0.15) is 0 Å². The van der Waals surface area contributed by atoms with E-state index in [9.17, 15) is 9.59 Å². The van der Waals surface area contributed by atoms with Crippen molar-refractivity contribution in [3.05, 3.63) is 71.8 Å². The van der Waals surface area contributed by atoms with Gasteiger partial charge in [0.15, 0.2) is 0 Å². The molecule has 0 spiro atoms. The zero-order chi connectivity index (χ0) is 28.0. The number of amides is 3. The number of unbranched alkanes of at least 4 members (excludes halogenated alkanes) is 1. The van der Waals surface area contributed by atoms with Crippen molar-refractivity contribution < 1.29 is 14.4 Å². The summed E-state index contributed by atoms with van der Waals surface area (Å²) in [4.78, 5) is 28.8. The van der Waals surface area contributed by atoms with Gasteiger partial charge in [-0.2, -0.15) is 0 Å². The van der Waals surface area contributed by atoms with Crippen LogP contribution in [0.1, 0.15) is 50.7 Å². The molecule has 11 heteroatoms. The monoisotopic (exact) mass is 523 g/mol. The molecular weight excluding hydrogens is 478 g/mol. The lowest BCUT2D eigenvalue weighted by molar-refractivity contribution is -0.119. The highest BCUT2D eigenvalue weighted by molar-refractivity contribution is 7.95. The highest BCUT2D eigenvalue weighted by Crippen LogP contribution is 2.03. The molecule has 13 N–H and O–H groups in total.